The van der Waals surface area contributed by atoms with Crippen molar-refractivity contribution in [3.8, 4) is 0 Å². The fourth-order valence-corrected chi connectivity index (χ4v) is 3.91. The van der Waals surface area contributed by atoms with Gasteiger partial charge in [-0.15, -0.1) is 0 Å². The second-order valence-electron chi connectivity index (χ2n) is 6.77. The van der Waals surface area contributed by atoms with Crippen LogP contribution in [0.15, 0.2) is 18.3 Å². The number of halogens is 1. The van der Waals surface area contributed by atoms with Gasteiger partial charge in [0.2, 0.25) is 0 Å². The predicted molar refractivity (Wildman–Crippen MR) is 81.4 cm³/mol. The van der Waals surface area contributed by atoms with E-state index in [1.807, 2.05) is 0 Å². The van der Waals surface area contributed by atoms with Crippen LogP contribution >= 0.6 is 11.6 Å². The summed E-state index contributed by atoms with van der Waals surface area (Å²) in [5.41, 5.74) is 0.633. The highest BCUT2D eigenvalue weighted by atomic mass is 35.5. The molecule has 21 heavy (non-hydrogen) atoms. The molecule has 2 bridgehead atoms. The first kappa shape index (κ1) is 16.2. The van der Waals surface area contributed by atoms with Crippen molar-refractivity contribution in [2.24, 2.45) is 16.7 Å². The molecule has 1 aromatic heterocycles. The first-order valence-corrected chi connectivity index (χ1v) is 7.60. The van der Waals surface area contributed by atoms with E-state index in [0.29, 0.717) is 5.41 Å². The Morgan fingerprint density at radius 1 is 1.43 bits per heavy atom. The minimum atomic E-state index is -1.06. The summed E-state index contributed by atoms with van der Waals surface area (Å²) in [6, 6.07) is 2.92. The van der Waals surface area contributed by atoms with Crippen LogP contribution in [-0.2, 0) is 0 Å². The Balaban J connectivity index is 0.000000155. The molecule has 0 saturated heterocycles. The SMILES string of the molecule is CC1(C)C2CCC1(C)C(O)C2.O=C(O)c1cccnc1Cl. The van der Waals surface area contributed by atoms with Crippen molar-refractivity contribution in [1.82, 2.24) is 4.98 Å². The Kier molecular flexibility index (Phi) is 4.31. The zero-order chi connectivity index (χ0) is 15.8. The highest BCUT2D eigenvalue weighted by Gasteiger charge is 2.60. The number of rotatable bonds is 1. The molecule has 3 atom stereocenters. The molecule has 0 aromatic carbocycles. The Morgan fingerprint density at radius 3 is 2.38 bits per heavy atom. The number of pyridine rings is 1. The van der Waals surface area contributed by atoms with Crippen LogP contribution in [0.4, 0.5) is 0 Å². The molecular weight excluding hydrogens is 290 g/mol. The molecule has 5 heteroatoms. The number of carboxylic acid groups (broad SMARTS) is 1. The van der Waals surface area contributed by atoms with Gasteiger partial charge in [-0.3, -0.25) is 0 Å². The lowest BCUT2D eigenvalue weighted by molar-refractivity contribution is 0.0126. The lowest BCUT2D eigenvalue weighted by Gasteiger charge is -2.36. The number of aromatic carboxylic acids is 1. The molecule has 2 saturated carbocycles. The zero-order valence-corrected chi connectivity index (χ0v) is 13.4. The van der Waals surface area contributed by atoms with Gasteiger partial charge in [-0.25, -0.2) is 9.78 Å². The van der Waals surface area contributed by atoms with Crippen molar-refractivity contribution in [2.45, 2.75) is 46.1 Å². The average molecular weight is 312 g/mol. The van der Waals surface area contributed by atoms with E-state index < -0.39 is 5.97 Å². The summed E-state index contributed by atoms with van der Waals surface area (Å²) in [4.78, 5) is 13.9. The highest BCUT2D eigenvalue weighted by molar-refractivity contribution is 6.32. The molecule has 0 spiro atoms. The van der Waals surface area contributed by atoms with Gasteiger partial charge in [-0.1, -0.05) is 32.4 Å². The number of hydrogen-bond acceptors (Lipinski definition) is 3. The maximum atomic E-state index is 10.3. The molecule has 2 aliphatic carbocycles. The van der Waals surface area contributed by atoms with Crippen LogP contribution < -0.4 is 0 Å². The van der Waals surface area contributed by atoms with Crippen LogP contribution in [0.3, 0.4) is 0 Å². The van der Waals surface area contributed by atoms with Gasteiger partial charge in [-0.2, -0.15) is 0 Å². The fraction of sp³-hybridized carbons (Fsp3) is 0.625. The second kappa shape index (κ2) is 5.58. The van der Waals surface area contributed by atoms with E-state index in [4.69, 9.17) is 16.7 Å². The lowest BCUT2D eigenvalue weighted by atomic mass is 9.70. The molecule has 1 heterocycles. The van der Waals surface area contributed by atoms with Crippen molar-refractivity contribution in [3.63, 3.8) is 0 Å². The topological polar surface area (TPSA) is 70.4 Å². The quantitative estimate of drug-likeness (QED) is 0.777. The van der Waals surface area contributed by atoms with Crippen LogP contribution in [0.2, 0.25) is 5.15 Å². The molecule has 0 radical (unpaired) electrons. The van der Waals surface area contributed by atoms with Gasteiger partial charge in [-0.05, 0) is 48.1 Å². The zero-order valence-electron chi connectivity index (χ0n) is 12.6. The number of carbonyl (C=O) groups is 1. The number of aromatic nitrogens is 1. The molecule has 4 nitrogen and oxygen atoms in total. The van der Waals surface area contributed by atoms with E-state index in [2.05, 4.69) is 25.8 Å². The third kappa shape index (κ3) is 2.67. The molecule has 3 rings (SSSR count). The predicted octanol–water partition coefficient (Wildman–Crippen LogP) is 3.63. The maximum Gasteiger partial charge on any atom is 0.338 e. The van der Waals surface area contributed by atoms with Gasteiger partial charge >= 0.3 is 5.97 Å². The minimum Gasteiger partial charge on any atom is -0.478 e. The largest absolute Gasteiger partial charge is 0.478 e. The van der Waals surface area contributed by atoms with Gasteiger partial charge in [0.15, 0.2) is 0 Å². The van der Waals surface area contributed by atoms with Crippen LogP contribution in [0.25, 0.3) is 0 Å². The number of carboxylic acids is 1. The monoisotopic (exact) mass is 311 g/mol. The number of nitrogens with zero attached hydrogens (tertiary/aromatic N) is 1. The smallest absolute Gasteiger partial charge is 0.338 e. The summed E-state index contributed by atoms with van der Waals surface area (Å²) >= 11 is 5.43. The summed E-state index contributed by atoms with van der Waals surface area (Å²) in [6.45, 7) is 6.90. The Morgan fingerprint density at radius 2 is 2.10 bits per heavy atom. The standard InChI is InChI=1S/C10H18O.C6H4ClNO2/c1-9(2)7-4-5-10(9,3)8(11)6-7;7-5-4(6(9)10)2-1-3-8-5/h7-8,11H,4-6H2,1-3H3;1-3H,(H,9,10). The van der Waals surface area contributed by atoms with Crippen molar-refractivity contribution < 1.29 is 15.0 Å². The number of fused-ring (bicyclic) bond motifs is 2. The first-order valence-electron chi connectivity index (χ1n) is 7.22. The van der Waals surface area contributed by atoms with E-state index >= 15 is 0 Å². The van der Waals surface area contributed by atoms with Gasteiger partial charge < -0.3 is 10.2 Å². The Bertz CT molecular complexity index is 546. The first-order chi connectivity index (χ1) is 9.70. The second-order valence-corrected chi connectivity index (χ2v) is 7.13. The molecule has 0 amide bonds. The van der Waals surface area contributed by atoms with E-state index in [0.717, 1.165) is 12.3 Å². The number of hydrogen-bond donors (Lipinski definition) is 2. The number of aliphatic hydroxyl groups is 1. The van der Waals surface area contributed by atoms with Crippen molar-refractivity contribution in [1.29, 1.82) is 0 Å². The van der Waals surface area contributed by atoms with Crippen LogP contribution in [0.5, 0.6) is 0 Å². The average Bonchev–Trinajstić information content (AvgIpc) is 2.73. The lowest BCUT2D eigenvalue weighted by Crippen LogP contribution is -2.35. The molecule has 116 valence electrons. The molecule has 1 aromatic rings. The van der Waals surface area contributed by atoms with Crippen LogP contribution in [0.1, 0.15) is 50.4 Å². The van der Waals surface area contributed by atoms with E-state index in [1.165, 1.54) is 31.2 Å². The van der Waals surface area contributed by atoms with E-state index in [9.17, 15) is 9.90 Å². The summed E-state index contributed by atoms with van der Waals surface area (Å²) in [5, 5.41) is 18.3. The number of aliphatic hydroxyl groups excluding tert-OH is 1. The van der Waals surface area contributed by atoms with E-state index in [1.54, 1.807) is 0 Å². The van der Waals surface area contributed by atoms with Gasteiger partial charge in [0.25, 0.3) is 0 Å². The third-order valence-electron chi connectivity index (χ3n) is 5.74. The fourth-order valence-electron chi connectivity index (χ4n) is 3.71. The Labute approximate surface area is 130 Å². The third-order valence-corrected chi connectivity index (χ3v) is 6.04. The molecule has 0 aliphatic heterocycles. The summed E-state index contributed by atoms with van der Waals surface area (Å²) in [5.74, 6) is -0.277. The summed E-state index contributed by atoms with van der Waals surface area (Å²) in [6.07, 6.45) is 5.02. The van der Waals surface area contributed by atoms with Gasteiger partial charge in [0, 0.05) is 6.20 Å². The van der Waals surface area contributed by atoms with Crippen molar-refractivity contribution in [2.75, 3.05) is 0 Å². The van der Waals surface area contributed by atoms with Gasteiger partial charge in [0.05, 0.1) is 11.7 Å². The van der Waals surface area contributed by atoms with Crippen LogP contribution in [0, 0.1) is 16.7 Å². The summed E-state index contributed by atoms with van der Waals surface area (Å²) < 4.78 is 0. The molecule has 2 N–H and O–H groups in total. The maximum absolute atomic E-state index is 10.3. The minimum absolute atomic E-state index is 0.0231. The van der Waals surface area contributed by atoms with Crippen molar-refractivity contribution in [3.05, 3.63) is 29.0 Å². The molecule has 2 aliphatic rings. The van der Waals surface area contributed by atoms with Gasteiger partial charge in [0.1, 0.15) is 5.15 Å². The molecular formula is C16H22ClNO3. The molecule has 3 unspecified atom stereocenters. The summed E-state index contributed by atoms with van der Waals surface area (Å²) in [7, 11) is 0. The normalized spacial score (nSPS) is 32.4. The highest BCUT2D eigenvalue weighted by Crippen LogP contribution is 2.65. The van der Waals surface area contributed by atoms with Crippen molar-refractivity contribution >= 4 is 17.6 Å². The van der Waals surface area contributed by atoms with Crippen LogP contribution in [-0.4, -0.2) is 27.3 Å². The molecule has 2 fully saturated rings. The Hall–Kier alpha value is -1.13. The van der Waals surface area contributed by atoms with E-state index in [-0.39, 0.29) is 22.2 Å².